The number of allylic oxidation sites excluding steroid dienone is 2. The highest BCUT2D eigenvalue weighted by molar-refractivity contribution is 7.89. The largest absolute Gasteiger partial charge is 0.378 e. The van der Waals surface area contributed by atoms with Gasteiger partial charge in [-0.2, -0.15) is 4.31 Å². The van der Waals surface area contributed by atoms with Crippen LogP contribution in [-0.4, -0.2) is 52.1 Å². The van der Waals surface area contributed by atoms with Crippen molar-refractivity contribution in [1.29, 1.82) is 0 Å². The Morgan fingerprint density at radius 2 is 1.67 bits per heavy atom. The van der Waals surface area contributed by atoms with Gasteiger partial charge in [0.15, 0.2) is 0 Å². The molecule has 6 heteroatoms. The molecular weight excluding hydrogens is 468 g/mol. The molecule has 0 N–H and O–H groups in total. The molecule has 2 fully saturated rings. The summed E-state index contributed by atoms with van der Waals surface area (Å²) in [5.74, 6) is 0.417. The molecule has 2 aromatic rings. The van der Waals surface area contributed by atoms with Crippen LogP contribution >= 0.6 is 0 Å². The molecule has 5 rings (SSSR count). The van der Waals surface area contributed by atoms with Crippen LogP contribution in [0.4, 0.5) is 5.69 Å². The highest BCUT2D eigenvalue weighted by Crippen LogP contribution is 2.47. The quantitative estimate of drug-likeness (QED) is 0.507. The summed E-state index contributed by atoms with van der Waals surface area (Å²) in [4.78, 5) is 2.78. The van der Waals surface area contributed by atoms with Crippen LogP contribution in [0.15, 0.2) is 65.6 Å². The van der Waals surface area contributed by atoms with Crippen molar-refractivity contribution in [3.05, 3.63) is 71.8 Å². The summed E-state index contributed by atoms with van der Waals surface area (Å²) in [5.41, 5.74) is 3.62. The van der Waals surface area contributed by atoms with Gasteiger partial charge in [0.2, 0.25) is 10.0 Å². The van der Waals surface area contributed by atoms with Crippen molar-refractivity contribution in [3.63, 3.8) is 0 Å². The van der Waals surface area contributed by atoms with E-state index in [1.165, 1.54) is 11.3 Å². The Kier molecular flexibility index (Phi) is 7.05. The minimum Gasteiger partial charge on any atom is -0.378 e. The summed E-state index contributed by atoms with van der Waals surface area (Å²) < 4.78 is 34.7. The smallest absolute Gasteiger partial charge is 0.243 e. The molecule has 0 radical (unpaired) electrons. The lowest BCUT2D eigenvalue weighted by Gasteiger charge is -2.49. The Balaban J connectivity index is 1.37. The molecule has 0 saturated carbocycles. The zero-order chi connectivity index (χ0) is 25.4. The number of piperidine rings is 1. The lowest BCUT2D eigenvalue weighted by molar-refractivity contribution is 0.0792. The first-order valence-electron chi connectivity index (χ1n) is 13.4. The van der Waals surface area contributed by atoms with Crippen LogP contribution in [0.5, 0.6) is 0 Å². The van der Waals surface area contributed by atoms with E-state index < -0.39 is 10.0 Å². The Bertz CT molecular complexity index is 1180. The number of hydrogen-bond acceptors (Lipinski definition) is 4. The molecule has 2 aromatic carbocycles. The van der Waals surface area contributed by atoms with Crippen molar-refractivity contribution in [1.82, 2.24) is 4.31 Å². The fourth-order valence-corrected chi connectivity index (χ4v) is 7.69. The molecule has 36 heavy (non-hydrogen) atoms. The van der Waals surface area contributed by atoms with Crippen LogP contribution in [0.2, 0.25) is 0 Å². The topological polar surface area (TPSA) is 49.9 Å². The molecule has 2 aliphatic heterocycles. The number of nitrogens with zero attached hydrogens (tertiary/aromatic N) is 2. The summed E-state index contributed by atoms with van der Waals surface area (Å²) >= 11 is 0. The number of fused-ring (bicyclic) bond motifs is 1. The van der Waals surface area contributed by atoms with Gasteiger partial charge in [-0.25, -0.2) is 8.42 Å². The minimum absolute atomic E-state index is 0.00352. The van der Waals surface area contributed by atoms with E-state index in [1.807, 2.05) is 12.1 Å². The summed E-state index contributed by atoms with van der Waals surface area (Å²) in [6, 6.07) is 16.4. The third-order valence-electron chi connectivity index (χ3n) is 8.37. The van der Waals surface area contributed by atoms with Crippen LogP contribution in [0, 0.1) is 11.3 Å². The van der Waals surface area contributed by atoms with Crippen molar-refractivity contribution in [2.45, 2.75) is 56.8 Å². The second-order valence-corrected chi connectivity index (χ2v) is 13.7. The highest BCUT2D eigenvalue weighted by atomic mass is 32.2. The summed E-state index contributed by atoms with van der Waals surface area (Å²) in [6.07, 6.45) is 8.46. The minimum atomic E-state index is -3.54. The van der Waals surface area contributed by atoms with Crippen LogP contribution in [0.1, 0.15) is 51.2 Å². The zero-order valence-corrected chi connectivity index (χ0v) is 22.8. The molecule has 5 nitrogen and oxygen atoms in total. The van der Waals surface area contributed by atoms with Gasteiger partial charge in [0.1, 0.15) is 0 Å². The molecule has 194 valence electrons. The van der Waals surface area contributed by atoms with E-state index >= 15 is 0 Å². The molecule has 2 heterocycles. The van der Waals surface area contributed by atoms with Crippen molar-refractivity contribution in [2.24, 2.45) is 11.3 Å². The average molecular weight is 509 g/mol. The lowest BCUT2D eigenvalue weighted by atomic mass is 9.63. The van der Waals surface area contributed by atoms with Gasteiger partial charge in [-0.15, -0.1) is 0 Å². The first-order valence-corrected chi connectivity index (χ1v) is 14.8. The van der Waals surface area contributed by atoms with E-state index in [2.05, 4.69) is 62.1 Å². The summed E-state index contributed by atoms with van der Waals surface area (Å²) in [6.45, 7) is 11.0. The molecule has 1 aliphatic carbocycles. The molecule has 0 bridgehead atoms. The second kappa shape index (κ2) is 9.96. The van der Waals surface area contributed by atoms with Gasteiger partial charge in [-0.3, -0.25) is 0 Å². The van der Waals surface area contributed by atoms with Crippen LogP contribution in [0.3, 0.4) is 0 Å². The number of anilines is 1. The molecule has 2 atom stereocenters. The zero-order valence-electron chi connectivity index (χ0n) is 21.9. The average Bonchev–Trinajstić information content (AvgIpc) is 2.89. The number of hydrogen-bond donors (Lipinski definition) is 0. The fourth-order valence-electron chi connectivity index (χ4n) is 6.14. The molecule has 2 saturated heterocycles. The fraction of sp³-hybridized carbons (Fsp3) is 0.533. The van der Waals surface area contributed by atoms with Crippen molar-refractivity contribution in [3.8, 4) is 0 Å². The van der Waals surface area contributed by atoms with Crippen LogP contribution in [-0.2, 0) is 26.6 Å². The van der Waals surface area contributed by atoms with E-state index in [1.54, 1.807) is 16.4 Å². The predicted octanol–water partition coefficient (Wildman–Crippen LogP) is 5.41. The monoisotopic (exact) mass is 508 g/mol. The van der Waals surface area contributed by atoms with E-state index in [0.717, 1.165) is 57.6 Å². The van der Waals surface area contributed by atoms with Gasteiger partial charge < -0.3 is 9.64 Å². The molecule has 0 aromatic heterocycles. The summed E-state index contributed by atoms with van der Waals surface area (Å²) in [5, 5.41) is 0. The van der Waals surface area contributed by atoms with Gasteiger partial charge in [-0.1, -0.05) is 57.2 Å². The van der Waals surface area contributed by atoms with E-state index in [4.69, 9.17) is 4.74 Å². The Morgan fingerprint density at radius 1 is 0.972 bits per heavy atom. The van der Waals surface area contributed by atoms with Crippen LogP contribution in [0.25, 0.3) is 0 Å². The Morgan fingerprint density at radius 3 is 2.33 bits per heavy atom. The highest BCUT2D eigenvalue weighted by Gasteiger charge is 2.46. The van der Waals surface area contributed by atoms with Crippen molar-refractivity contribution >= 4 is 15.7 Å². The van der Waals surface area contributed by atoms with Crippen LogP contribution < -0.4 is 4.90 Å². The van der Waals surface area contributed by atoms with Gasteiger partial charge in [0, 0.05) is 31.9 Å². The maximum absolute atomic E-state index is 13.7. The predicted molar refractivity (Wildman–Crippen MR) is 146 cm³/mol. The third-order valence-corrected chi connectivity index (χ3v) is 10.2. The number of ether oxygens (including phenoxy) is 1. The van der Waals surface area contributed by atoms with Gasteiger partial charge in [0.05, 0.1) is 18.1 Å². The normalized spacial score (nSPS) is 25.5. The molecule has 3 aliphatic rings. The van der Waals surface area contributed by atoms with Crippen molar-refractivity contribution in [2.75, 3.05) is 44.3 Å². The van der Waals surface area contributed by atoms with Gasteiger partial charge >= 0.3 is 0 Å². The van der Waals surface area contributed by atoms with Gasteiger partial charge in [0.25, 0.3) is 0 Å². The number of sulfonamides is 1. The molecule has 2 unspecified atom stereocenters. The standard InChI is InChI=1S/C30H40N2O3S/c1-29(2,3)25-9-13-28(14-10-25)36(33,34)32-17-15-26-6-4-5-16-30(26,23-32)22-24-7-11-27(12-8-24)31-18-20-35-21-19-31/h4,6-14,26H,5,15-23H2,1-3H3. The molecule has 0 spiro atoms. The van der Waals surface area contributed by atoms with E-state index in [0.29, 0.717) is 23.9 Å². The maximum atomic E-state index is 13.7. The first kappa shape index (κ1) is 25.5. The molecule has 0 amide bonds. The van der Waals surface area contributed by atoms with E-state index in [-0.39, 0.29) is 10.8 Å². The Hall–Kier alpha value is -2.15. The summed E-state index contributed by atoms with van der Waals surface area (Å²) in [7, 11) is -3.54. The third kappa shape index (κ3) is 5.13. The second-order valence-electron chi connectivity index (χ2n) is 11.8. The van der Waals surface area contributed by atoms with Gasteiger partial charge in [-0.05, 0) is 77.8 Å². The first-order chi connectivity index (χ1) is 17.2. The lowest BCUT2D eigenvalue weighted by Crippen LogP contribution is -2.52. The SMILES string of the molecule is CC(C)(C)c1ccc(S(=O)(=O)N2CCC3C=CCCC3(Cc3ccc(N4CCOCC4)cc3)C2)cc1. The number of benzene rings is 2. The Labute approximate surface area is 217 Å². The number of morpholine rings is 1. The van der Waals surface area contributed by atoms with E-state index in [9.17, 15) is 8.42 Å². The molecular formula is C30H40N2O3S. The van der Waals surface area contributed by atoms with Crippen molar-refractivity contribution < 1.29 is 13.2 Å². The number of rotatable bonds is 5. The maximum Gasteiger partial charge on any atom is 0.243 e.